The molecule has 0 aliphatic carbocycles. The van der Waals surface area contributed by atoms with Gasteiger partial charge in [-0.1, -0.05) is 24.7 Å². The lowest BCUT2D eigenvalue weighted by molar-refractivity contribution is 0.321. The van der Waals surface area contributed by atoms with Crippen LogP contribution < -0.4 is 5.14 Å². The molecule has 0 amide bonds. The molecule has 0 fully saturated rings. The Morgan fingerprint density at radius 2 is 1.33 bits per heavy atom. The summed E-state index contributed by atoms with van der Waals surface area (Å²) in [6, 6.07) is 0. The molecule has 0 aromatic heterocycles. The van der Waals surface area contributed by atoms with Crippen molar-refractivity contribution in [2.24, 2.45) is 5.14 Å². The molecular weight excluding hydrogens is 183 g/mol. The molecule has 0 heterocycles. The van der Waals surface area contributed by atoms with E-state index in [-0.39, 0.29) is 0 Å². The molecule has 0 bridgehead atoms. The molecule has 76 valence electrons. The molecule has 6 heteroatoms. The van der Waals surface area contributed by atoms with Crippen molar-refractivity contribution in [3.8, 4) is 0 Å². The van der Waals surface area contributed by atoms with E-state index in [0.717, 1.165) is 0 Å². The van der Waals surface area contributed by atoms with Crippen LogP contribution in [0.2, 0.25) is 0 Å². The smallest absolute Gasteiger partial charge is 0.304 e. The highest BCUT2D eigenvalue weighted by Gasteiger charge is 1.89. The zero-order valence-corrected chi connectivity index (χ0v) is 8.57. The first-order chi connectivity index (χ1) is 5.35. The van der Waals surface area contributed by atoms with Gasteiger partial charge in [-0.2, -0.15) is 8.42 Å². The second-order valence-electron chi connectivity index (χ2n) is 2.10. The van der Waals surface area contributed by atoms with Crippen molar-refractivity contribution >= 4 is 10.4 Å². The number of nitrogens with two attached hydrogens (primary N) is 1. The van der Waals surface area contributed by atoms with Crippen molar-refractivity contribution in [3.05, 3.63) is 0 Å². The maximum absolute atomic E-state index is 10.4. The lowest BCUT2D eigenvalue weighted by atomic mass is 10.5. The fraction of sp³-hybridized carbons (Fsp3) is 1.00. The Morgan fingerprint density at radius 3 is 1.33 bits per heavy atom. The van der Waals surface area contributed by atoms with Crippen molar-refractivity contribution in [1.82, 2.24) is 4.90 Å². The third-order valence-corrected chi connectivity index (χ3v) is 1.34. The first kappa shape index (κ1) is 14.3. The zero-order valence-electron chi connectivity index (χ0n) is 7.75. The molecule has 0 aromatic rings. The van der Waals surface area contributed by atoms with Gasteiger partial charge in [-0.15, -0.1) is 0 Å². The zero-order chi connectivity index (χ0) is 10.2. The van der Waals surface area contributed by atoms with Crippen LogP contribution in [0.4, 0.5) is 3.89 Å². The first-order valence-electron chi connectivity index (χ1n) is 3.79. The highest BCUT2D eigenvalue weighted by atomic mass is 32.3. The highest BCUT2D eigenvalue weighted by molar-refractivity contribution is 7.83. The summed E-state index contributed by atoms with van der Waals surface area (Å²) < 4.78 is 27.9. The molecule has 0 unspecified atom stereocenters. The lowest BCUT2D eigenvalue weighted by Gasteiger charge is -2.13. The van der Waals surface area contributed by atoms with Crippen LogP contribution in [0, 0.1) is 0 Å². The van der Waals surface area contributed by atoms with Crippen molar-refractivity contribution in [3.63, 3.8) is 0 Å². The molecule has 0 spiro atoms. The van der Waals surface area contributed by atoms with Crippen LogP contribution in [-0.4, -0.2) is 33.0 Å². The summed E-state index contributed by atoms with van der Waals surface area (Å²) in [6.45, 7) is 10.1. The van der Waals surface area contributed by atoms with E-state index in [1.807, 2.05) is 0 Å². The van der Waals surface area contributed by atoms with Crippen LogP contribution in [0.3, 0.4) is 0 Å². The fourth-order valence-electron chi connectivity index (χ4n) is 0.671. The molecule has 0 aliphatic heterocycles. The van der Waals surface area contributed by atoms with Gasteiger partial charge in [0.2, 0.25) is 0 Å². The van der Waals surface area contributed by atoms with Crippen LogP contribution in [0.15, 0.2) is 0 Å². The van der Waals surface area contributed by atoms with E-state index in [0.29, 0.717) is 0 Å². The van der Waals surface area contributed by atoms with E-state index in [9.17, 15) is 3.89 Å². The second kappa shape index (κ2) is 7.45. The Bertz CT molecular complexity index is 164. The van der Waals surface area contributed by atoms with Gasteiger partial charge >= 0.3 is 10.4 Å². The summed E-state index contributed by atoms with van der Waals surface area (Å²) >= 11 is 0. The molecule has 0 aromatic carbocycles. The van der Waals surface area contributed by atoms with Crippen molar-refractivity contribution < 1.29 is 12.3 Å². The predicted molar refractivity (Wildman–Crippen MR) is 47.7 cm³/mol. The van der Waals surface area contributed by atoms with E-state index >= 15 is 0 Å². The minimum Gasteiger partial charge on any atom is -0.304 e. The van der Waals surface area contributed by atoms with Crippen LogP contribution >= 0.6 is 0 Å². The van der Waals surface area contributed by atoms with Gasteiger partial charge in [0.15, 0.2) is 0 Å². The molecular formula is C6H17FN2O2S. The molecule has 12 heavy (non-hydrogen) atoms. The SMILES string of the molecule is CCN(CC)CC.NS(=O)(=O)F. The molecule has 0 atom stereocenters. The van der Waals surface area contributed by atoms with E-state index in [4.69, 9.17) is 8.42 Å². The van der Waals surface area contributed by atoms with Crippen LogP contribution in [0.1, 0.15) is 20.8 Å². The third-order valence-electron chi connectivity index (χ3n) is 1.34. The molecule has 0 radical (unpaired) electrons. The number of hydrogen-bond donors (Lipinski definition) is 1. The van der Waals surface area contributed by atoms with Gasteiger partial charge in [0.1, 0.15) is 0 Å². The van der Waals surface area contributed by atoms with Gasteiger partial charge in [0.25, 0.3) is 0 Å². The summed E-state index contributed by atoms with van der Waals surface area (Å²) in [7, 11) is -4.67. The normalized spacial score (nSPS) is 10.8. The largest absolute Gasteiger partial charge is 0.369 e. The minimum absolute atomic E-state index is 1.19. The van der Waals surface area contributed by atoms with Gasteiger partial charge in [0.05, 0.1) is 0 Å². The molecule has 0 saturated carbocycles. The standard InChI is InChI=1S/C6H15N.FH2NO2S/c1-4-7(5-2)6-3;1-5(2,3)4/h4-6H2,1-3H3;(H2,2,3,4). The summed E-state index contributed by atoms with van der Waals surface area (Å²) in [6.07, 6.45) is 0. The maximum atomic E-state index is 10.4. The van der Waals surface area contributed by atoms with E-state index in [2.05, 4.69) is 30.8 Å². The average molecular weight is 200 g/mol. The maximum Gasteiger partial charge on any atom is 0.369 e. The number of nitrogens with zero attached hydrogens (tertiary/aromatic N) is 1. The summed E-state index contributed by atoms with van der Waals surface area (Å²) in [5.41, 5.74) is 0. The highest BCUT2D eigenvalue weighted by Crippen LogP contribution is 1.81. The van der Waals surface area contributed by atoms with Crippen LogP contribution in [0.25, 0.3) is 0 Å². The van der Waals surface area contributed by atoms with Crippen molar-refractivity contribution in [2.75, 3.05) is 19.6 Å². The Balaban J connectivity index is 0. The number of hydrogen-bond acceptors (Lipinski definition) is 3. The Morgan fingerprint density at radius 1 is 1.17 bits per heavy atom. The van der Waals surface area contributed by atoms with E-state index in [1.165, 1.54) is 19.6 Å². The average Bonchev–Trinajstić information content (AvgIpc) is 1.88. The second-order valence-corrected chi connectivity index (χ2v) is 3.05. The van der Waals surface area contributed by atoms with Gasteiger partial charge < -0.3 is 4.90 Å². The minimum atomic E-state index is -4.67. The molecule has 4 nitrogen and oxygen atoms in total. The van der Waals surface area contributed by atoms with Gasteiger partial charge in [-0.3, -0.25) is 0 Å². The van der Waals surface area contributed by atoms with Crippen LogP contribution in [-0.2, 0) is 10.4 Å². The number of rotatable bonds is 3. The summed E-state index contributed by atoms with van der Waals surface area (Å²) in [4.78, 5) is 2.38. The van der Waals surface area contributed by atoms with Crippen LogP contribution in [0.5, 0.6) is 0 Å². The predicted octanol–water partition coefficient (Wildman–Crippen LogP) is 0.508. The lowest BCUT2D eigenvalue weighted by Crippen LogP contribution is -2.21. The topological polar surface area (TPSA) is 63.4 Å². The summed E-state index contributed by atoms with van der Waals surface area (Å²) in [5, 5.41) is 3.66. The molecule has 2 N–H and O–H groups in total. The summed E-state index contributed by atoms with van der Waals surface area (Å²) in [5.74, 6) is 0. The van der Waals surface area contributed by atoms with Crippen molar-refractivity contribution in [2.45, 2.75) is 20.8 Å². The number of halogens is 1. The molecule has 0 saturated heterocycles. The van der Waals surface area contributed by atoms with E-state index < -0.39 is 10.4 Å². The van der Waals surface area contributed by atoms with Gasteiger partial charge in [-0.25, -0.2) is 5.14 Å². The van der Waals surface area contributed by atoms with Gasteiger partial charge in [-0.05, 0) is 19.6 Å². The van der Waals surface area contributed by atoms with Gasteiger partial charge in [0, 0.05) is 0 Å². The first-order valence-corrected chi connectivity index (χ1v) is 5.24. The molecule has 0 aliphatic rings. The monoisotopic (exact) mass is 200 g/mol. The molecule has 0 rings (SSSR count). The Hall–Kier alpha value is -0.200. The Labute approximate surface area is 73.9 Å². The van der Waals surface area contributed by atoms with Crippen molar-refractivity contribution in [1.29, 1.82) is 0 Å². The fourth-order valence-corrected chi connectivity index (χ4v) is 0.671. The Kier molecular flexibility index (Phi) is 8.90. The third kappa shape index (κ3) is 22.6. The van der Waals surface area contributed by atoms with E-state index in [1.54, 1.807) is 0 Å². The quantitative estimate of drug-likeness (QED) is 0.675.